The van der Waals surface area contributed by atoms with Crippen LogP contribution < -0.4 is 20.9 Å². The molecule has 34 heavy (non-hydrogen) atoms. The Labute approximate surface area is 198 Å². The maximum absolute atomic E-state index is 13.0. The highest BCUT2D eigenvalue weighted by atomic mass is 16.5. The van der Waals surface area contributed by atoms with Crippen molar-refractivity contribution in [2.24, 2.45) is 0 Å². The lowest BCUT2D eigenvalue weighted by atomic mass is 10.1. The smallest absolute Gasteiger partial charge is 0.255 e. The molecule has 3 amide bonds. The summed E-state index contributed by atoms with van der Waals surface area (Å²) in [5.74, 6) is -0.529. The fourth-order valence-electron chi connectivity index (χ4n) is 3.57. The monoisotopic (exact) mass is 467 g/mol. The summed E-state index contributed by atoms with van der Waals surface area (Å²) < 4.78 is 11.2. The summed E-state index contributed by atoms with van der Waals surface area (Å²) in [5, 5.41) is 14.3. The summed E-state index contributed by atoms with van der Waals surface area (Å²) in [6.07, 6.45) is 5.50. The first-order chi connectivity index (χ1) is 16.5. The molecule has 2 aromatic carbocycles. The lowest BCUT2D eigenvalue weighted by Gasteiger charge is -2.19. The summed E-state index contributed by atoms with van der Waals surface area (Å²) in [6.45, 7) is 0.200. The predicted octanol–water partition coefficient (Wildman–Crippen LogP) is 3.75. The molecule has 1 aliphatic rings. The van der Waals surface area contributed by atoms with E-state index in [1.54, 1.807) is 54.0 Å². The molecule has 0 saturated heterocycles. The van der Waals surface area contributed by atoms with E-state index in [0.717, 1.165) is 5.56 Å². The number of hydroxylamine groups is 1. The lowest BCUT2D eigenvalue weighted by Crippen LogP contribution is -2.31. The molecular formula is C25H29N3O6. The molecule has 0 fully saturated rings. The number of benzene rings is 2. The van der Waals surface area contributed by atoms with Gasteiger partial charge in [0.15, 0.2) is 0 Å². The third kappa shape index (κ3) is 7.16. The van der Waals surface area contributed by atoms with E-state index >= 15 is 0 Å². The first kappa shape index (κ1) is 24.9. The molecule has 0 radical (unpaired) electrons. The number of para-hydroxylation sites is 2. The van der Waals surface area contributed by atoms with Gasteiger partial charge in [0.1, 0.15) is 11.9 Å². The quantitative estimate of drug-likeness (QED) is 0.279. The first-order valence-electron chi connectivity index (χ1n) is 11.1. The molecule has 9 nitrogen and oxygen atoms in total. The fraction of sp³-hybridized carbons (Fsp3) is 0.320. The zero-order chi connectivity index (χ0) is 24.3. The number of carbonyl (C=O) groups excluding carboxylic acids is 3. The number of carbonyl (C=O) groups is 3. The minimum Gasteiger partial charge on any atom is -0.497 e. The number of anilines is 2. The third-order valence-electron chi connectivity index (χ3n) is 5.35. The molecule has 1 atom stereocenters. The maximum atomic E-state index is 13.0. The van der Waals surface area contributed by atoms with E-state index < -0.39 is 12.0 Å². The second kappa shape index (κ2) is 12.5. The molecule has 4 N–H and O–H groups in total. The number of ether oxygens (including phenoxy) is 2. The Morgan fingerprint density at radius 1 is 1.12 bits per heavy atom. The Kier molecular flexibility index (Phi) is 9.19. The summed E-state index contributed by atoms with van der Waals surface area (Å²) >= 11 is 0. The van der Waals surface area contributed by atoms with Crippen LogP contribution >= 0.6 is 0 Å². The van der Waals surface area contributed by atoms with Crippen LogP contribution in [0.4, 0.5) is 11.4 Å². The minimum atomic E-state index is -0.719. The SMILES string of the molecule is COc1cc2cc(c1)C(=O)Nc1ccccc1NC(=O)[C@H](CCCCCC(=O)NO)OC/C=C\2. The van der Waals surface area contributed by atoms with Gasteiger partial charge in [-0.3, -0.25) is 19.6 Å². The molecule has 2 bridgehead atoms. The van der Waals surface area contributed by atoms with Crippen molar-refractivity contribution in [1.29, 1.82) is 0 Å². The molecule has 3 rings (SSSR count). The molecule has 0 spiro atoms. The van der Waals surface area contributed by atoms with Crippen molar-refractivity contribution in [2.45, 2.75) is 38.2 Å². The second-order valence-electron chi connectivity index (χ2n) is 7.84. The van der Waals surface area contributed by atoms with E-state index in [0.29, 0.717) is 48.4 Å². The zero-order valence-electron chi connectivity index (χ0n) is 19.0. The molecule has 1 aliphatic heterocycles. The highest BCUT2D eigenvalue weighted by Crippen LogP contribution is 2.25. The van der Waals surface area contributed by atoms with Gasteiger partial charge in [-0.25, -0.2) is 5.48 Å². The van der Waals surface area contributed by atoms with Gasteiger partial charge in [-0.1, -0.05) is 37.1 Å². The van der Waals surface area contributed by atoms with E-state index in [-0.39, 0.29) is 24.8 Å². The van der Waals surface area contributed by atoms with Gasteiger partial charge in [0, 0.05) is 12.0 Å². The molecule has 2 aromatic rings. The van der Waals surface area contributed by atoms with E-state index in [1.807, 2.05) is 6.08 Å². The van der Waals surface area contributed by atoms with Crippen molar-refractivity contribution in [3.05, 3.63) is 59.7 Å². The van der Waals surface area contributed by atoms with Crippen molar-refractivity contribution in [3.63, 3.8) is 0 Å². The normalized spacial score (nSPS) is 16.9. The van der Waals surface area contributed by atoms with Gasteiger partial charge in [-0.2, -0.15) is 0 Å². The topological polar surface area (TPSA) is 126 Å². The minimum absolute atomic E-state index is 0.200. The predicted molar refractivity (Wildman–Crippen MR) is 128 cm³/mol. The number of fused-ring (bicyclic) bond motifs is 3. The summed E-state index contributed by atoms with van der Waals surface area (Å²) in [4.78, 5) is 37.1. The van der Waals surface area contributed by atoms with Crippen LogP contribution in [0.3, 0.4) is 0 Å². The van der Waals surface area contributed by atoms with Crippen LogP contribution in [0, 0.1) is 0 Å². The largest absolute Gasteiger partial charge is 0.497 e. The molecule has 1 heterocycles. The molecule has 0 aromatic heterocycles. The Hall–Kier alpha value is -3.69. The standard InChI is InChI=1S/C25H29N3O6/c1-33-19-15-17-8-7-13-34-22(11-3-2-4-12-23(29)28-32)25(31)27-21-10-6-5-9-20(21)26-24(30)18(14-17)16-19/h5-10,14-16,22,32H,2-4,11-13H2,1H3,(H,26,30)(H,27,31)(H,28,29)/b8-7-/t22-/m0/s1. The van der Waals surface area contributed by atoms with Gasteiger partial charge in [-0.05, 0) is 48.7 Å². The van der Waals surface area contributed by atoms with Crippen molar-refractivity contribution >= 4 is 35.2 Å². The summed E-state index contributed by atoms with van der Waals surface area (Å²) in [6, 6.07) is 12.2. The van der Waals surface area contributed by atoms with Gasteiger partial charge in [0.05, 0.1) is 25.1 Å². The Balaban J connectivity index is 1.80. The van der Waals surface area contributed by atoms with Gasteiger partial charge in [0.2, 0.25) is 5.91 Å². The maximum Gasteiger partial charge on any atom is 0.255 e. The van der Waals surface area contributed by atoms with Crippen LogP contribution in [0.5, 0.6) is 5.75 Å². The average molecular weight is 468 g/mol. The van der Waals surface area contributed by atoms with Crippen molar-refractivity contribution in [2.75, 3.05) is 24.4 Å². The summed E-state index contributed by atoms with van der Waals surface area (Å²) in [7, 11) is 1.54. The Morgan fingerprint density at radius 2 is 1.88 bits per heavy atom. The van der Waals surface area contributed by atoms with Gasteiger partial charge >= 0.3 is 0 Å². The fourth-order valence-corrected chi connectivity index (χ4v) is 3.57. The van der Waals surface area contributed by atoms with Crippen molar-refractivity contribution < 1.29 is 29.1 Å². The highest BCUT2D eigenvalue weighted by Gasteiger charge is 2.21. The number of unbranched alkanes of at least 4 members (excludes halogenated alkanes) is 2. The second-order valence-corrected chi connectivity index (χ2v) is 7.84. The van der Waals surface area contributed by atoms with Crippen LogP contribution in [-0.2, 0) is 14.3 Å². The lowest BCUT2D eigenvalue weighted by molar-refractivity contribution is -0.129. The zero-order valence-corrected chi connectivity index (χ0v) is 19.0. The molecule has 0 saturated carbocycles. The average Bonchev–Trinajstić information content (AvgIpc) is 2.85. The highest BCUT2D eigenvalue weighted by molar-refractivity contribution is 6.08. The van der Waals surface area contributed by atoms with Crippen molar-refractivity contribution in [1.82, 2.24) is 5.48 Å². The van der Waals surface area contributed by atoms with Crippen LogP contribution in [0.15, 0.2) is 48.5 Å². The number of nitrogens with one attached hydrogen (secondary N) is 3. The Bertz CT molecular complexity index is 1050. The van der Waals surface area contributed by atoms with Gasteiger partial charge < -0.3 is 20.1 Å². The van der Waals surface area contributed by atoms with Crippen LogP contribution in [0.25, 0.3) is 6.08 Å². The molecule has 180 valence electrons. The van der Waals surface area contributed by atoms with E-state index in [4.69, 9.17) is 14.7 Å². The number of methoxy groups -OCH3 is 1. The van der Waals surface area contributed by atoms with E-state index in [9.17, 15) is 14.4 Å². The Morgan fingerprint density at radius 3 is 2.62 bits per heavy atom. The number of hydrogen-bond acceptors (Lipinski definition) is 6. The van der Waals surface area contributed by atoms with Gasteiger partial charge in [0.25, 0.3) is 11.8 Å². The van der Waals surface area contributed by atoms with E-state index in [1.165, 1.54) is 7.11 Å². The molecular weight excluding hydrogens is 438 g/mol. The first-order valence-corrected chi connectivity index (χ1v) is 11.1. The molecule has 0 unspecified atom stereocenters. The van der Waals surface area contributed by atoms with E-state index in [2.05, 4.69) is 10.6 Å². The number of amides is 3. The summed E-state index contributed by atoms with van der Waals surface area (Å²) in [5.41, 5.74) is 3.72. The van der Waals surface area contributed by atoms with Crippen LogP contribution in [-0.4, -0.2) is 42.7 Å². The third-order valence-corrected chi connectivity index (χ3v) is 5.35. The number of hydrogen-bond donors (Lipinski definition) is 4. The molecule has 9 heteroatoms. The van der Waals surface area contributed by atoms with Gasteiger partial charge in [-0.15, -0.1) is 0 Å². The van der Waals surface area contributed by atoms with Crippen molar-refractivity contribution in [3.8, 4) is 5.75 Å². The van der Waals surface area contributed by atoms with Crippen LogP contribution in [0.2, 0.25) is 0 Å². The molecule has 0 aliphatic carbocycles. The van der Waals surface area contributed by atoms with Crippen LogP contribution in [0.1, 0.15) is 48.0 Å². The number of rotatable bonds is 7.